The molecular formula is C18H24F3N3O3. The zero-order valence-corrected chi connectivity index (χ0v) is 15.6. The lowest BCUT2D eigenvalue weighted by molar-refractivity contribution is -0.159. The summed E-state index contributed by atoms with van der Waals surface area (Å²) in [6.07, 6.45) is -1.60. The molecule has 4 atom stereocenters. The van der Waals surface area contributed by atoms with Crippen LogP contribution < -0.4 is 0 Å². The van der Waals surface area contributed by atoms with Crippen molar-refractivity contribution in [2.75, 3.05) is 6.61 Å². The Morgan fingerprint density at radius 2 is 1.85 bits per heavy atom. The van der Waals surface area contributed by atoms with Crippen LogP contribution in [0.3, 0.4) is 0 Å². The van der Waals surface area contributed by atoms with Gasteiger partial charge in [0.2, 0.25) is 0 Å². The summed E-state index contributed by atoms with van der Waals surface area (Å²) in [6, 6.07) is 1.91. The van der Waals surface area contributed by atoms with Gasteiger partial charge < -0.3 is 13.8 Å². The van der Waals surface area contributed by atoms with Crippen LogP contribution in [0.15, 0.2) is 15.1 Å². The molecule has 0 amide bonds. The van der Waals surface area contributed by atoms with Crippen LogP contribution >= 0.6 is 0 Å². The van der Waals surface area contributed by atoms with Gasteiger partial charge in [0.15, 0.2) is 5.82 Å². The molecule has 3 unspecified atom stereocenters. The van der Waals surface area contributed by atoms with Crippen LogP contribution in [-0.4, -0.2) is 28.0 Å². The zero-order valence-electron chi connectivity index (χ0n) is 15.6. The quantitative estimate of drug-likeness (QED) is 0.677. The van der Waals surface area contributed by atoms with E-state index in [0.29, 0.717) is 19.4 Å². The first-order valence-corrected chi connectivity index (χ1v) is 9.18. The molecule has 0 N–H and O–H groups in total. The van der Waals surface area contributed by atoms with E-state index >= 15 is 0 Å². The van der Waals surface area contributed by atoms with Crippen LogP contribution in [-0.2, 0) is 17.3 Å². The van der Waals surface area contributed by atoms with Crippen molar-refractivity contribution >= 4 is 0 Å². The molecule has 1 fully saturated rings. The number of rotatable bonds is 6. The van der Waals surface area contributed by atoms with Gasteiger partial charge in [-0.05, 0) is 38.0 Å². The van der Waals surface area contributed by atoms with Gasteiger partial charge in [0, 0.05) is 25.0 Å². The molecule has 1 aliphatic carbocycles. The molecule has 2 aromatic heterocycles. The summed E-state index contributed by atoms with van der Waals surface area (Å²) < 4.78 is 53.6. The Hall–Kier alpha value is -1.90. The van der Waals surface area contributed by atoms with Crippen LogP contribution in [0.1, 0.15) is 62.2 Å². The van der Waals surface area contributed by atoms with Gasteiger partial charge in [-0.15, -0.1) is 0 Å². The normalized spacial score (nSPS) is 26.4. The summed E-state index contributed by atoms with van der Waals surface area (Å²) >= 11 is 0. The van der Waals surface area contributed by atoms with Crippen molar-refractivity contribution in [3.05, 3.63) is 29.2 Å². The van der Waals surface area contributed by atoms with E-state index in [1.807, 2.05) is 13.0 Å². The van der Waals surface area contributed by atoms with Crippen molar-refractivity contribution in [2.24, 2.45) is 11.8 Å². The fourth-order valence-electron chi connectivity index (χ4n) is 3.88. The fraction of sp³-hybridized carbons (Fsp3) is 0.722. The van der Waals surface area contributed by atoms with E-state index < -0.39 is 12.1 Å². The first-order chi connectivity index (χ1) is 12.7. The third-order valence-electron chi connectivity index (χ3n) is 5.04. The van der Waals surface area contributed by atoms with Gasteiger partial charge in [-0.1, -0.05) is 24.2 Å². The first kappa shape index (κ1) is 19.9. The maximum atomic E-state index is 12.7. The minimum atomic E-state index is -4.61. The fourth-order valence-corrected chi connectivity index (χ4v) is 3.88. The molecule has 150 valence electrons. The van der Waals surface area contributed by atoms with Gasteiger partial charge in [-0.2, -0.15) is 18.2 Å². The van der Waals surface area contributed by atoms with E-state index in [9.17, 15) is 13.2 Å². The Labute approximate surface area is 155 Å². The lowest BCUT2D eigenvalue weighted by Crippen LogP contribution is -2.36. The molecule has 9 heteroatoms. The van der Waals surface area contributed by atoms with Crippen LogP contribution in [0, 0.1) is 18.8 Å². The molecule has 1 saturated carbocycles. The number of alkyl halides is 3. The maximum Gasteiger partial charge on any atom is 0.471 e. The van der Waals surface area contributed by atoms with E-state index in [4.69, 9.17) is 9.26 Å². The first-order valence-electron chi connectivity index (χ1n) is 9.18. The number of aryl methyl sites for hydroxylation is 2. The van der Waals surface area contributed by atoms with Crippen LogP contribution in [0.5, 0.6) is 0 Å². The molecule has 2 aromatic rings. The second kappa shape index (κ2) is 8.00. The summed E-state index contributed by atoms with van der Waals surface area (Å²) in [5, 5.41) is 7.41. The van der Waals surface area contributed by atoms with Crippen molar-refractivity contribution in [2.45, 2.75) is 64.7 Å². The van der Waals surface area contributed by atoms with Crippen LogP contribution in [0.4, 0.5) is 13.2 Å². The van der Waals surface area contributed by atoms with Gasteiger partial charge in [-0.25, -0.2) is 0 Å². The third kappa shape index (κ3) is 4.88. The number of nitrogens with zero attached hydrogens (tertiary/aromatic N) is 3. The highest BCUT2D eigenvalue weighted by molar-refractivity contribution is 5.03. The Bertz CT molecular complexity index is 732. The Kier molecular flexibility index (Phi) is 5.88. The summed E-state index contributed by atoms with van der Waals surface area (Å²) in [6.45, 7) is 6.59. The van der Waals surface area contributed by atoms with Gasteiger partial charge in [0.25, 0.3) is 0 Å². The Balaban J connectivity index is 1.50. The molecule has 0 aromatic carbocycles. The highest BCUT2D eigenvalue weighted by atomic mass is 19.4. The molecule has 0 bridgehead atoms. The molecule has 2 heterocycles. The van der Waals surface area contributed by atoms with E-state index in [1.165, 1.54) is 0 Å². The molecule has 0 aliphatic heterocycles. The lowest BCUT2D eigenvalue weighted by Gasteiger charge is -2.37. The minimum Gasteiger partial charge on any atom is -0.378 e. The SMILES string of the molecule is Cc1cc(CCCOC2C(C)CC(c3noc(C(F)(F)F)n3)C[C@@H]2C)on1. The number of hydrogen-bond acceptors (Lipinski definition) is 6. The van der Waals surface area contributed by atoms with Crippen molar-refractivity contribution in [3.8, 4) is 0 Å². The third-order valence-corrected chi connectivity index (χ3v) is 5.04. The van der Waals surface area contributed by atoms with Gasteiger partial charge >= 0.3 is 12.1 Å². The standard InChI is InChI=1S/C18H24F3N3O3/c1-10-7-13(16-22-17(27-24-16)18(19,20)21)8-11(2)15(10)25-6-4-5-14-9-12(3)23-26-14/h9-11,13,15H,4-8H2,1-3H3/t10-,11?,13?,15?/m0/s1. The molecule has 1 aliphatic rings. The Morgan fingerprint density at radius 1 is 1.15 bits per heavy atom. The minimum absolute atomic E-state index is 0.0618. The number of hydrogen-bond donors (Lipinski definition) is 0. The Morgan fingerprint density at radius 3 is 2.41 bits per heavy atom. The summed E-state index contributed by atoms with van der Waals surface area (Å²) in [5.74, 6) is -0.0532. The van der Waals surface area contributed by atoms with E-state index in [2.05, 4.69) is 33.7 Å². The van der Waals surface area contributed by atoms with Crippen molar-refractivity contribution < 1.29 is 27.0 Å². The maximum absolute atomic E-state index is 12.7. The molecule has 0 spiro atoms. The number of aromatic nitrogens is 3. The molecule has 27 heavy (non-hydrogen) atoms. The van der Waals surface area contributed by atoms with Crippen LogP contribution in [0.25, 0.3) is 0 Å². The zero-order chi connectivity index (χ0) is 19.6. The summed E-state index contributed by atoms with van der Waals surface area (Å²) in [5.41, 5.74) is 0.863. The predicted molar refractivity (Wildman–Crippen MR) is 88.9 cm³/mol. The average molecular weight is 387 g/mol. The predicted octanol–water partition coefficient (Wildman–Crippen LogP) is 4.55. The average Bonchev–Trinajstić information content (AvgIpc) is 3.22. The van der Waals surface area contributed by atoms with E-state index in [1.54, 1.807) is 0 Å². The number of ether oxygens (including phenoxy) is 1. The van der Waals surface area contributed by atoms with Crippen LogP contribution in [0.2, 0.25) is 0 Å². The summed E-state index contributed by atoms with van der Waals surface area (Å²) in [4.78, 5) is 3.55. The molecule has 0 radical (unpaired) electrons. The second-order valence-corrected chi connectivity index (χ2v) is 7.45. The van der Waals surface area contributed by atoms with Gasteiger partial charge in [-0.3, -0.25) is 0 Å². The highest BCUT2D eigenvalue weighted by Crippen LogP contribution is 2.40. The second-order valence-electron chi connectivity index (χ2n) is 7.45. The smallest absolute Gasteiger partial charge is 0.378 e. The van der Waals surface area contributed by atoms with E-state index in [-0.39, 0.29) is 29.7 Å². The molecular weight excluding hydrogens is 363 g/mol. The lowest BCUT2D eigenvalue weighted by atomic mass is 9.74. The summed E-state index contributed by atoms with van der Waals surface area (Å²) in [7, 11) is 0. The van der Waals surface area contributed by atoms with Crippen molar-refractivity contribution in [3.63, 3.8) is 0 Å². The van der Waals surface area contributed by atoms with Gasteiger partial charge in [0.05, 0.1) is 11.8 Å². The van der Waals surface area contributed by atoms with Crippen molar-refractivity contribution in [1.29, 1.82) is 0 Å². The topological polar surface area (TPSA) is 74.2 Å². The van der Waals surface area contributed by atoms with Crippen molar-refractivity contribution in [1.82, 2.24) is 15.3 Å². The number of halogens is 3. The molecule has 3 rings (SSSR count). The van der Waals surface area contributed by atoms with Gasteiger partial charge in [0.1, 0.15) is 5.76 Å². The highest BCUT2D eigenvalue weighted by Gasteiger charge is 2.41. The monoisotopic (exact) mass is 387 g/mol. The molecule has 0 saturated heterocycles. The largest absolute Gasteiger partial charge is 0.471 e. The molecule has 6 nitrogen and oxygen atoms in total. The van der Waals surface area contributed by atoms with E-state index in [0.717, 1.165) is 24.3 Å².